The van der Waals surface area contributed by atoms with Crippen molar-refractivity contribution in [3.63, 3.8) is 0 Å². The Bertz CT molecular complexity index is 1150. The molecule has 0 bridgehead atoms. The van der Waals surface area contributed by atoms with Crippen LogP contribution >= 0.6 is 11.6 Å². The van der Waals surface area contributed by atoms with E-state index < -0.39 is 11.7 Å². The average Bonchev–Trinajstić information content (AvgIpc) is 2.82. The van der Waals surface area contributed by atoms with E-state index in [-0.39, 0.29) is 36.0 Å². The predicted molar refractivity (Wildman–Crippen MR) is 138 cm³/mol. The number of carbonyl (C=O) groups is 2. The lowest BCUT2D eigenvalue weighted by Crippen LogP contribution is -2.48. The summed E-state index contributed by atoms with van der Waals surface area (Å²) in [5.74, 6) is 0.734. The van der Waals surface area contributed by atoms with Crippen LogP contribution in [0, 0.1) is 5.92 Å². The Hall–Kier alpha value is -3.07. The minimum atomic E-state index is -0.604. The summed E-state index contributed by atoms with van der Waals surface area (Å²) in [5.41, 5.74) is 0.174. The Morgan fingerprint density at radius 2 is 1.92 bits per heavy atom. The first kappa shape index (κ1) is 26.0. The maximum absolute atomic E-state index is 12.7. The second-order valence-corrected chi connectivity index (χ2v) is 10.9. The van der Waals surface area contributed by atoms with Crippen LogP contribution in [0.2, 0.25) is 5.02 Å². The summed E-state index contributed by atoms with van der Waals surface area (Å²) in [6, 6.07) is 10.4. The molecule has 0 spiro atoms. The van der Waals surface area contributed by atoms with Crippen LogP contribution in [0.4, 0.5) is 10.6 Å². The van der Waals surface area contributed by atoms with E-state index in [1.807, 2.05) is 49.9 Å². The molecule has 1 atom stereocenters. The highest BCUT2D eigenvalue weighted by Crippen LogP contribution is 2.39. The van der Waals surface area contributed by atoms with Crippen LogP contribution in [0.1, 0.15) is 64.1 Å². The first-order valence-corrected chi connectivity index (χ1v) is 12.8. The third-order valence-corrected chi connectivity index (χ3v) is 6.85. The fraction of sp³-hybridized carbons (Fsp3) is 0.538. The van der Waals surface area contributed by atoms with E-state index in [1.165, 1.54) is 6.07 Å². The normalized spacial score (nSPS) is 21.4. The van der Waals surface area contributed by atoms with Crippen molar-refractivity contribution in [2.24, 2.45) is 5.92 Å². The van der Waals surface area contributed by atoms with Gasteiger partial charge in [-0.2, -0.15) is 5.10 Å². The number of rotatable bonds is 5. The van der Waals surface area contributed by atoms with Crippen molar-refractivity contribution in [2.45, 2.75) is 64.1 Å². The maximum atomic E-state index is 12.7. The van der Waals surface area contributed by atoms with Crippen LogP contribution in [0.25, 0.3) is 0 Å². The first-order valence-electron chi connectivity index (χ1n) is 12.5. The van der Waals surface area contributed by atoms with Crippen molar-refractivity contribution in [1.82, 2.24) is 20.4 Å². The SMILES string of the molecule is CC(C)(C)OC(=O)NC(c1cccc(Cl)c1)C1CCC(n2nc(N3CCNC(=O)C3)ccc2=O)CC1. The number of anilines is 1. The van der Waals surface area contributed by atoms with Gasteiger partial charge < -0.3 is 20.3 Å². The monoisotopic (exact) mass is 515 g/mol. The van der Waals surface area contributed by atoms with E-state index in [1.54, 1.807) is 10.7 Å². The standard InChI is InChI=1S/C26H34ClN5O4/c1-26(2,3)36-25(35)29-24(18-5-4-6-19(27)15-18)17-7-9-20(10-8-17)32-23(34)12-11-21(30-32)31-14-13-28-22(33)16-31/h4-6,11-12,15,17,20,24H,7-10,13-14,16H2,1-3H3,(H,28,33)(H,29,35). The lowest BCUT2D eigenvalue weighted by Gasteiger charge is -2.35. The Labute approximate surface area is 216 Å². The van der Waals surface area contributed by atoms with Crippen LogP contribution in [-0.4, -0.2) is 47.0 Å². The van der Waals surface area contributed by atoms with Gasteiger partial charge in [0.25, 0.3) is 5.56 Å². The van der Waals surface area contributed by atoms with Gasteiger partial charge >= 0.3 is 6.09 Å². The number of benzene rings is 1. The summed E-state index contributed by atoms with van der Waals surface area (Å²) in [4.78, 5) is 39.0. The molecule has 1 saturated heterocycles. The molecule has 2 N–H and O–H groups in total. The Morgan fingerprint density at radius 3 is 2.58 bits per heavy atom. The van der Waals surface area contributed by atoms with Crippen LogP contribution in [0.3, 0.4) is 0 Å². The highest BCUT2D eigenvalue weighted by atomic mass is 35.5. The van der Waals surface area contributed by atoms with Crippen molar-refractivity contribution in [2.75, 3.05) is 24.5 Å². The molecule has 2 aliphatic rings. The van der Waals surface area contributed by atoms with E-state index in [9.17, 15) is 14.4 Å². The fourth-order valence-electron chi connectivity index (χ4n) is 4.97. The van der Waals surface area contributed by atoms with E-state index in [2.05, 4.69) is 15.7 Å². The van der Waals surface area contributed by atoms with Gasteiger partial charge in [-0.05, 0) is 76.1 Å². The quantitative estimate of drug-likeness (QED) is 0.627. The van der Waals surface area contributed by atoms with Crippen molar-refractivity contribution < 1.29 is 14.3 Å². The molecule has 1 aromatic heterocycles. The molecule has 1 unspecified atom stereocenters. The lowest BCUT2D eigenvalue weighted by molar-refractivity contribution is -0.120. The summed E-state index contributed by atoms with van der Waals surface area (Å²) in [5, 5.41) is 11.1. The number of amides is 2. The van der Waals surface area contributed by atoms with Gasteiger partial charge in [0.2, 0.25) is 5.91 Å². The van der Waals surface area contributed by atoms with E-state index in [0.29, 0.717) is 23.9 Å². The lowest BCUT2D eigenvalue weighted by atomic mass is 9.79. The third kappa shape index (κ3) is 6.57. The average molecular weight is 516 g/mol. The molecule has 1 saturated carbocycles. The van der Waals surface area contributed by atoms with E-state index in [0.717, 1.165) is 31.2 Å². The molecule has 1 aliphatic heterocycles. The number of ether oxygens (including phenoxy) is 1. The number of nitrogens with one attached hydrogen (secondary N) is 2. The zero-order chi connectivity index (χ0) is 25.9. The molecule has 36 heavy (non-hydrogen) atoms. The first-order chi connectivity index (χ1) is 17.1. The van der Waals surface area contributed by atoms with Gasteiger partial charge in [-0.3, -0.25) is 9.59 Å². The smallest absolute Gasteiger partial charge is 0.408 e. The van der Waals surface area contributed by atoms with Gasteiger partial charge in [0.1, 0.15) is 11.4 Å². The van der Waals surface area contributed by atoms with Crippen LogP contribution in [0.15, 0.2) is 41.2 Å². The van der Waals surface area contributed by atoms with Crippen molar-refractivity contribution in [1.29, 1.82) is 0 Å². The highest BCUT2D eigenvalue weighted by Gasteiger charge is 2.32. The predicted octanol–water partition coefficient (Wildman–Crippen LogP) is 3.83. The number of carbonyl (C=O) groups excluding carboxylic acids is 2. The molecular formula is C26H34ClN5O4. The Morgan fingerprint density at radius 1 is 1.17 bits per heavy atom. The molecular weight excluding hydrogens is 482 g/mol. The molecule has 1 aliphatic carbocycles. The number of alkyl carbamates (subject to hydrolysis) is 1. The number of hydrogen-bond acceptors (Lipinski definition) is 6. The molecule has 0 radical (unpaired) electrons. The largest absolute Gasteiger partial charge is 0.444 e. The van der Waals surface area contributed by atoms with Crippen molar-refractivity contribution >= 4 is 29.4 Å². The Balaban J connectivity index is 1.49. The number of piperazine rings is 1. The topological polar surface area (TPSA) is 106 Å². The van der Waals surface area contributed by atoms with Crippen LogP contribution in [-0.2, 0) is 9.53 Å². The minimum Gasteiger partial charge on any atom is -0.444 e. The molecule has 4 rings (SSSR count). The molecule has 2 fully saturated rings. The second-order valence-electron chi connectivity index (χ2n) is 10.5. The number of halogens is 1. The zero-order valence-corrected chi connectivity index (χ0v) is 21.8. The fourth-order valence-corrected chi connectivity index (χ4v) is 5.17. The second kappa shape index (κ2) is 10.9. The van der Waals surface area contributed by atoms with Crippen molar-refractivity contribution in [3.8, 4) is 0 Å². The van der Waals surface area contributed by atoms with Gasteiger partial charge in [-0.25, -0.2) is 9.48 Å². The zero-order valence-electron chi connectivity index (χ0n) is 21.0. The molecule has 2 amide bonds. The van der Waals surface area contributed by atoms with Gasteiger partial charge in [0.15, 0.2) is 0 Å². The van der Waals surface area contributed by atoms with Crippen LogP contribution in [0.5, 0.6) is 0 Å². The highest BCUT2D eigenvalue weighted by molar-refractivity contribution is 6.30. The molecule has 9 nitrogen and oxygen atoms in total. The summed E-state index contributed by atoms with van der Waals surface area (Å²) in [6.45, 7) is 6.95. The maximum Gasteiger partial charge on any atom is 0.408 e. The summed E-state index contributed by atoms with van der Waals surface area (Å²) in [7, 11) is 0. The third-order valence-electron chi connectivity index (χ3n) is 6.61. The summed E-state index contributed by atoms with van der Waals surface area (Å²) < 4.78 is 7.09. The molecule has 2 aromatic rings. The molecule has 2 heterocycles. The summed E-state index contributed by atoms with van der Waals surface area (Å²) >= 11 is 6.26. The van der Waals surface area contributed by atoms with E-state index in [4.69, 9.17) is 16.3 Å². The van der Waals surface area contributed by atoms with Gasteiger partial charge in [-0.1, -0.05) is 23.7 Å². The molecule has 10 heteroatoms. The minimum absolute atomic E-state index is 0.0474. The van der Waals surface area contributed by atoms with Crippen LogP contribution < -0.4 is 21.1 Å². The molecule has 194 valence electrons. The van der Waals surface area contributed by atoms with Gasteiger partial charge in [0, 0.05) is 24.2 Å². The number of nitrogens with zero attached hydrogens (tertiary/aromatic N) is 3. The van der Waals surface area contributed by atoms with E-state index >= 15 is 0 Å². The summed E-state index contributed by atoms with van der Waals surface area (Å²) in [6.07, 6.45) is 2.61. The van der Waals surface area contributed by atoms with Gasteiger partial charge in [0.05, 0.1) is 18.6 Å². The number of aromatic nitrogens is 2. The van der Waals surface area contributed by atoms with Gasteiger partial charge in [-0.15, -0.1) is 0 Å². The Kier molecular flexibility index (Phi) is 7.88. The molecule has 1 aromatic carbocycles. The van der Waals surface area contributed by atoms with Crippen molar-refractivity contribution in [3.05, 3.63) is 57.3 Å². The number of hydrogen-bond donors (Lipinski definition) is 2.